The van der Waals surface area contributed by atoms with Gasteiger partial charge in [-0.1, -0.05) is 24.3 Å². The Kier molecular flexibility index (Phi) is 13.4. The maximum Gasteiger partial charge on any atom is 0.121 e. The first-order chi connectivity index (χ1) is 20.3. The maximum atomic E-state index is 8.88. The van der Waals surface area contributed by atoms with Crippen LogP contribution in [-0.2, 0) is 6.54 Å². The van der Waals surface area contributed by atoms with Crippen LogP contribution in [0.1, 0.15) is 79.2 Å². The summed E-state index contributed by atoms with van der Waals surface area (Å²) >= 11 is 0. The van der Waals surface area contributed by atoms with Crippen LogP contribution < -0.4 is 37.1 Å². The first-order valence-electron chi connectivity index (χ1n) is 16.2. The van der Waals surface area contributed by atoms with E-state index < -0.39 is 11.1 Å². The van der Waals surface area contributed by atoms with Gasteiger partial charge in [0.1, 0.15) is 11.4 Å². The Morgan fingerprint density at radius 1 is 0.907 bits per heavy atom. The van der Waals surface area contributed by atoms with Gasteiger partial charge in [0.15, 0.2) is 0 Å². The number of aliphatic imine (C=N–C) groups is 1. The molecule has 43 heavy (non-hydrogen) atoms. The first-order valence-corrected chi connectivity index (χ1v) is 16.2. The molecule has 242 valence electrons. The third-order valence-corrected chi connectivity index (χ3v) is 8.88. The van der Waals surface area contributed by atoms with Gasteiger partial charge in [-0.15, -0.1) is 0 Å². The number of fused-ring (bicyclic) bond motifs is 16. The van der Waals surface area contributed by atoms with Gasteiger partial charge in [-0.3, -0.25) is 4.99 Å². The SMILES string of the molecule is CC(C)=NC12CCC=CCCNCC(NCc3ccc(OC(C)(C)C(C)(C)N)cc3)(CNCCNC1)CNCCC(=N)C2. The van der Waals surface area contributed by atoms with Crippen molar-refractivity contribution in [1.82, 2.24) is 26.6 Å². The largest absolute Gasteiger partial charge is 0.486 e. The van der Waals surface area contributed by atoms with E-state index in [4.69, 9.17) is 20.9 Å². The molecule has 0 saturated carbocycles. The number of allylic oxidation sites excluding steroid dienone is 1. The van der Waals surface area contributed by atoms with Gasteiger partial charge in [-0.25, -0.2) is 0 Å². The third kappa shape index (κ3) is 11.7. The Morgan fingerprint density at radius 2 is 1.51 bits per heavy atom. The summed E-state index contributed by atoms with van der Waals surface area (Å²) in [5.74, 6) is 0.824. The topological polar surface area (TPSA) is 132 Å². The molecular formula is C34H60N8O. The highest BCUT2D eigenvalue weighted by Gasteiger charge is 2.36. The lowest BCUT2D eigenvalue weighted by atomic mass is 9.86. The lowest BCUT2D eigenvalue weighted by Gasteiger charge is -2.38. The number of ether oxygens (including phenoxy) is 1. The van der Waals surface area contributed by atoms with Crippen LogP contribution in [-0.4, -0.2) is 86.0 Å². The maximum absolute atomic E-state index is 8.88. The second-order valence-corrected chi connectivity index (χ2v) is 13.9. The minimum atomic E-state index is -0.492. The number of nitrogens with two attached hydrogens (primary N) is 1. The molecule has 2 unspecified atom stereocenters. The molecule has 9 heteroatoms. The monoisotopic (exact) mass is 596 g/mol. The molecule has 3 aliphatic rings. The molecule has 3 aliphatic heterocycles. The normalized spacial score (nSPS) is 25.7. The lowest BCUT2D eigenvalue weighted by molar-refractivity contribution is 0.0404. The first kappa shape index (κ1) is 35.3. The quantitative estimate of drug-likeness (QED) is 0.189. The molecule has 0 radical (unpaired) electrons. The fraction of sp³-hybridized carbons (Fsp3) is 0.706. The van der Waals surface area contributed by atoms with E-state index in [-0.39, 0.29) is 11.1 Å². The van der Waals surface area contributed by atoms with Crippen LogP contribution in [0.4, 0.5) is 0 Å². The van der Waals surface area contributed by atoms with Crippen molar-refractivity contribution >= 4 is 11.4 Å². The van der Waals surface area contributed by atoms with Crippen molar-refractivity contribution in [3.8, 4) is 5.75 Å². The average molecular weight is 597 g/mol. The molecule has 0 spiro atoms. The lowest BCUT2D eigenvalue weighted by Crippen LogP contribution is -2.63. The smallest absolute Gasteiger partial charge is 0.121 e. The highest BCUT2D eigenvalue weighted by atomic mass is 16.5. The van der Waals surface area contributed by atoms with Gasteiger partial charge in [0.05, 0.1) is 11.1 Å². The summed E-state index contributed by atoms with van der Waals surface area (Å²) < 4.78 is 6.25. The number of hydrogen-bond acceptors (Lipinski definition) is 9. The molecule has 0 aliphatic carbocycles. The molecular weight excluding hydrogens is 536 g/mol. The van der Waals surface area contributed by atoms with E-state index in [9.17, 15) is 0 Å². The van der Waals surface area contributed by atoms with Gasteiger partial charge in [0.2, 0.25) is 0 Å². The summed E-state index contributed by atoms with van der Waals surface area (Å²) in [7, 11) is 0. The van der Waals surface area contributed by atoms with E-state index in [1.165, 1.54) is 5.56 Å². The zero-order chi connectivity index (χ0) is 31.4. The summed E-state index contributed by atoms with van der Waals surface area (Å²) in [6.07, 6.45) is 8.92. The molecule has 3 heterocycles. The number of benzene rings is 1. The van der Waals surface area contributed by atoms with Gasteiger partial charge in [0, 0.05) is 75.7 Å². The van der Waals surface area contributed by atoms with E-state index in [0.717, 1.165) is 102 Å². The Balaban J connectivity index is 1.77. The van der Waals surface area contributed by atoms with Crippen LogP contribution in [0.2, 0.25) is 0 Å². The molecule has 1 aromatic carbocycles. The number of hydrogen-bond donors (Lipinski definition) is 7. The summed E-state index contributed by atoms with van der Waals surface area (Å²) in [5, 5.41) is 27.6. The van der Waals surface area contributed by atoms with Gasteiger partial charge >= 0.3 is 0 Å². The van der Waals surface area contributed by atoms with E-state index >= 15 is 0 Å². The van der Waals surface area contributed by atoms with E-state index in [1.54, 1.807) is 0 Å². The minimum Gasteiger partial charge on any atom is -0.486 e. The number of nitrogens with zero attached hydrogens (tertiary/aromatic N) is 1. The average Bonchev–Trinajstić information content (AvgIpc) is 2.92. The predicted molar refractivity (Wildman–Crippen MR) is 182 cm³/mol. The Hall–Kier alpha value is -2.14. The molecule has 0 amide bonds. The number of rotatable bonds is 7. The summed E-state index contributed by atoms with van der Waals surface area (Å²) in [6.45, 7) is 19.6. The minimum absolute atomic E-state index is 0.207. The second-order valence-electron chi connectivity index (χ2n) is 13.9. The summed E-state index contributed by atoms with van der Waals surface area (Å²) in [6, 6.07) is 8.34. The van der Waals surface area contributed by atoms with Crippen molar-refractivity contribution in [2.24, 2.45) is 10.7 Å². The van der Waals surface area contributed by atoms with Crippen LogP contribution in [0, 0.1) is 5.41 Å². The number of nitrogens with one attached hydrogen (secondary N) is 6. The zero-order valence-corrected chi connectivity index (χ0v) is 27.8. The third-order valence-electron chi connectivity index (χ3n) is 8.88. The van der Waals surface area contributed by atoms with E-state index in [2.05, 4.69) is 64.7 Å². The second kappa shape index (κ2) is 16.3. The van der Waals surface area contributed by atoms with Crippen molar-refractivity contribution < 1.29 is 4.74 Å². The van der Waals surface area contributed by atoms with E-state index in [0.29, 0.717) is 6.42 Å². The molecule has 2 atom stereocenters. The van der Waals surface area contributed by atoms with E-state index in [1.807, 2.05) is 39.8 Å². The van der Waals surface area contributed by atoms with Gasteiger partial charge in [-0.2, -0.15) is 0 Å². The molecule has 1 aromatic rings. The van der Waals surface area contributed by atoms with Crippen molar-refractivity contribution in [3.05, 3.63) is 42.0 Å². The van der Waals surface area contributed by atoms with Crippen LogP contribution in [0.15, 0.2) is 41.4 Å². The molecule has 2 bridgehead atoms. The Morgan fingerprint density at radius 3 is 2.16 bits per heavy atom. The fourth-order valence-electron chi connectivity index (χ4n) is 5.59. The molecule has 1 saturated heterocycles. The fourth-order valence-corrected chi connectivity index (χ4v) is 5.59. The summed E-state index contributed by atoms with van der Waals surface area (Å²) in [5.41, 5.74) is 7.95. The highest BCUT2D eigenvalue weighted by molar-refractivity contribution is 5.84. The van der Waals surface area contributed by atoms with Crippen molar-refractivity contribution in [1.29, 1.82) is 5.41 Å². The van der Waals surface area contributed by atoms with Crippen LogP contribution in [0.5, 0.6) is 5.75 Å². The van der Waals surface area contributed by atoms with Gasteiger partial charge in [0.25, 0.3) is 0 Å². The van der Waals surface area contributed by atoms with Crippen LogP contribution in [0.3, 0.4) is 0 Å². The van der Waals surface area contributed by atoms with Gasteiger partial charge < -0.3 is 42.5 Å². The molecule has 8 N–H and O–H groups in total. The Bertz CT molecular complexity index is 1060. The molecule has 9 nitrogen and oxygen atoms in total. The standard InChI is InChI=1S/C34H60N8O/c1-27(2)42-33-16-9-7-8-10-17-37-24-34(26-40-20-19-39-23-33,25-38-18-15-29(35)21-33)41-22-28-11-13-30(14-12-28)43-32(5,6)31(3,4)36/h7-8,11-14,35,37-41H,9-10,15-26,36H2,1-6H3. The summed E-state index contributed by atoms with van der Waals surface area (Å²) in [4.78, 5) is 5.13. The zero-order valence-electron chi connectivity index (χ0n) is 27.8. The van der Waals surface area contributed by atoms with Gasteiger partial charge in [-0.05, 0) is 91.5 Å². The van der Waals surface area contributed by atoms with Crippen molar-refractivity contribution in [2.75, 3.05) is 52.4 Å². The van der Waals surface area contributed by atoms with Crippen molar-refractivity contribution in [3.63, 3.8) is 0 Å². The highest BCUT2D eigenvalue weighted by Crippen LogP contribution is 2.27. The van der Waals surface area contributed by atoms with Crippen LogP contribution in [0.25, 0.3) is 0 Å². The molecule has 0 aromatic heterocycles. The molecule has 4 rings (SSSR count). The van der Waals surface area contributed by atoms with Crippen LogP contribution >= 0.6 is 0 Å². The predicted octanol–water partition coefficient (Wildman–Crippen LogP) is 3.54. The van der Waals surface area contributed by atoms with Crippen molar-refractivity contribution in [2.45, 2.75) is 102 Å². The Labute approximate surface area is 261 Å². The molecule has 1 fully saturated rings.